The Bertz CT molecular complexity index is 1690. The minimum absolute atomic E-state index is 0.690. The number of thiophene rings is 1. The number of fused-ring (bicyclic) bond motifs is 2. The monoisotopic (exact) mass is 520 g/mol. The number of rotatable bonds is 10. The molecule has 0 aliphatic heterocycles. The van der Waals surface area contributed by atoms with Crippen LogP contribution in [0.4, 0.5) is 0 Å². The third kappa shape index (κ3) is 5.10. The van der Waals surface area contributed by atoms with Crippen LogP contribution in [0, 0.1) is 6.92 Å². The molecule has 38 heavy (non-hydrogen) atoms. The first-order chi connectivity index (χ1) is 18.5. The molecule has 6 nitrogen and oxygen atoms in total. The molecule has 4 heterocycles. The molecule has 5 aromatic rings. The van der Waals surface area contributed by atoms with Crippen LogP contribution >= 0.6 is 11.3 Å². The molecule has 0 aliphatic carbocycles. The van der Waals surface area contributed by atoms with Crippen LogP contribution < -0.4 is 5.32 Å². The van der Waals surface area contributed by atoms with E-state index >= 15 is 0 Å². The second-order valence-corrected chi connectivity index (χ2v) is 10.5. The number of hydrogen-bond acceptors (Lipinski definition) is 5. The van der Waals surface area contributed by atoms with Crippen LogP contribution in [0.2, 0.25) is 0 Å². The number of pyridine rings is 1. The summed E-state index contributed by atoms with van der Waals surface area (Å²) in [6.07, 6.45) is 9.07. The molecular weight excluding hydrogens is 488 g/mol. The number of H-pyrrole nitrogens is 2. The fraction of sp³-hybridized carbons (Fsp3) is 0.194. The van der Waals surface area contributed by atoms with Crippen LogP contribution in [0.3, 0.4) is 0 Å². The van der Waals surface area contributed by atoms with E-state index in [0.717, 1.165) is 69.6 Å². The van der Waals surface area contributed by atoms with Gasteiger partial charge < -0.3 is 10.3 Å². The fourth-order valence-electron chi connectivity index (χ4n) is 4.42. The van der Waals surface area contributed by atoms with Gasteiger partial charge >= 0.3 is 0 Å². The number of allylic oxidation sites excluding steroid dienone is 5. The van der Waals surface area contributed by atoms with E-state index in [1.807, 2.05) is 37.3 Å². The van der Waals surface area contributed by atoms with E-state index in [0.29, 0.717) is 11.5 Å². The highest BCUT2D eigenvalue weighted by Gasteiger charge is 2.17. The van der Waals surface area contributed by atoms with Crippen molar-refractivity contribution in [2.45, 2.75) is 40.0 Å². The van der Waals surface area contributed by atoms with Crippen LogP contribution in [0.15, 0.2) is 85.2 Å². The van der Waals surface area contributed by atoms with E-state index < -0.39 is 0 Å². The Morgan fingerprint density at radius 1 is 1.08 bits per heavy atom. The van der Waals surface area contributed by atoms with Crippen LogP contribution in [0.5, 0.6) is 0 Å². The first-order valence-electron chi connectivity index (χ1n) is 12.9. The Balaban J connectivity index is 1.51. The molecule has 3 N–H and O–H groups in total. The van der Waals surface area contributed by atoms with Crippen LogP contribution in [0.25, 0.3) is 49.6 Å². The molecule has 0 saturated heterocycles. The van der Waals surface area contributed by atoms with E-state index in [4.69, 9.17) is 9.97 Å². The normalized spacial score (nSPS) is 12.4. The van der Waals surface area contributed by atoms with Crippen molar-refractivity contribution in [3.8, 4) is 22.0 Å². The molecule has 0 amide bonds. The predicted octanol–water partition coefficient (Wildman–Crippen LogP) is 8.30. The summed E-state index contributed by atoms with van der Waals surface area (Å²) < 4.78 is 0. The first-order valence-corrected chi connectivity index (χ1v) is 13.7. The van der Waals surface area contributed by atoms with Gasteiger partial charge in [0, 0.05) is 26.7 Å². The van der Waals surface area contributed by atoms with Crippen molar-refractivity contribution >= 4 is 39.0 Å². The zero-order valence-corrected chi connectivity index (χ0v) is 22.9. The minimum Gasteiger partial charge on any atom is -0.359 e. The number of nitrogens with zero attached hydrogens (tertiary/aromatic N) is 3. The topological polar surface area (TPSA) is 82.3 Å². The van der Waals surface area contributed by atoms with Gasteiger partial charge in [-0.1, -0.05) is 44.7 Å². The van der Waals surface area contributed by atoms with Gasteiger partial charge in [-0.25, -0.2) is 9.97 Å². The lowest BCUT2D eigenvalue weighted by Crippen LogP contribution is -2.10. The molecule has 0 radical (unpaired) electrons. The molecule has 0 atom stereocenters. The molecule has 0 unspecified atom stereocenters. The van der Waals surface area contributed by atoms with Gasteiger partial charge in [0.25, 0.3) is 0 Å². The first kappa shape index (κ1) is 25.4. The molecular formula is C31H32N6S. The Kier molecular flexibility index (Phi) is 7.38. The highest BCUT2D eigenvalue weighted by molar-refractivity contribution is 7.15. The minimum atomic E-state index is 0.690. The van der Waals surface area contributed by atoms with Crippen molar-refractivity contribution in [1.82, 2.24) is 30.5 Å². The van der Waals surface area contributed by atoms with Gasteiger partial charge in [0.15, 0.2) is 11.5 Å². The lowest BCUT2D eigenvalue weighted by molar-refractivity contribution is 0.751. The number of para-hydroxylation sites is 1. The average Bonchev–Trinajstić information content (AvgIpc) is 3.66. The zero-order chi connectivity index (χ0) is 26.6. The number of aromatic amines is 2. The zero-order valence-electron chi connectivity index (χ0n) is 22.1. The summed E-state index contributed by atoms with van der Waals surface area (Å²) in [6.45, 7) is 14.4. The maximum absolute atomic E-state index is 5.00. The van der Waals surface area contributed by atoms with E-state index in [-0.39, 0.29) is 0 Å². The Morgan fingerprint density at radius 2 is 1.95 bits per heavy atom. The van der Waals surface area contributed by atoms with Crippen LogP contribution in [0.1, 0.15) is 43.7 Å². The average molecular weight is 521 g/mol. The van der Waals surface area contributed by atoms with E-state index in [1.165, 1.54) is 9.75 Å². The number of nitrogens with one attached hydrogen (secondary N) is 3. The fourth-order valence-corrected chi connectivity index (χ4v) is 5.32. The molecule has 4 aromatic heterocycles. The van der Waals surface area contributed by atoms with Crippen molar-refractivity contribution in [1.29, 1.82) is 0 Å². The largest absolute Gasteiger partial charge is 0.359 e. The standard InChI is InChI=1S/C31H32N6S/c1-6-9-11-19(4)32-22(8-3)18-21(7-2)24-15-16-26-29(33-24)30(37-36-26)31-34-25-13-10-12-23(28(25)35-31)27-17-14-20(5)38-27/h7-8,10,12-18,32H,3-4,6,9,11H2,1-2,5H3,(H,34,35)(H,36,37)/b21-7+,22-18+. The van der Waals surface area contributed by atoms with Gasteiger partial charge in [0.05, 0.1) is 22.2 Å². The van der Waals surface area contributed by atoms with Crippen molar-refractivity contribution < 1.29 is 0 Å². The van der Waals surface area contributed by atoms with E-state index in [2.05, 4.69) is 77.8 Å². The molecule has 192 valence electrons. The number of unbranched alkanes of at least 4 members (excludes halogenated alkanes) is 1. The van der Waals surface area contributed by atoms with Gasteiger partial charge in [-0.2, -0.15) is 5.10 Å². The van der Waals surface area contributed by atoms with E-state index in [9.17, 15) is 0 Å². The van der Waals surface area contributed by atoms with Gasteiger partial charge in [-0.05, 0) is 74.7 Å². The molecule has 5 rings (SSSR count). The van der Waals surface area contributed by atoms with Gasteiger partial charge in [-0.3, -0.25) is 5.10 Å². The summed E-state index contributed by atoms with van der Waals surface area (Å²) in [6, 6.07) is 14.5. The number of hydrogen-bond donors (Lipinski definition) is 3. The third-order valence-corrected chi connectivity index (χ3v) is 7.48. The maximum atomic E-state index is 5.00. The number of aryl methyl sites for hydroxylation is 1. The van der Waals surface area contributed by atoms with Crippen LogP contribution in [-0.4, -0.2) is 25.1 Å². The number of aromatic nitrogens is 5. The summed E-state index contributed by atoms with van der Waals surface area (Å²) in [5.41, 5.74) is 9.02. The summed E-state index contributed by atoms with van der Waals surface area (Å²) >= 11 is 1.77. The molecule has 0 spiro atoms. The van der Waals surface area contributed by atoms with Crippen molar-refractivity contribution in [2.24, 2.45) is 0 Å². The molecule has 1 aromatic carbocycles. The van der Waals surface area contributed by atoms with Crippen LogP contribution in [-0.2, 0) is 0 Å². The summed E-state index contributed by atoms with van der Waals surface area (Å²) in [5, 5.41) is 11.1. The lowest BCUT2D eigenvalue weighted by atomic mass is 10.1. The maximum Gasteiger partial charge on any atom is 0.161 e. The van der Waals surface area contributed by atoms with Crippen molar-refractivity contribution in [3.63, 3.8) is 0 Å². The smallest absolute Gasteiger partial charge is 0.161 e. The van der Waals surface area contributed by atoms with Gasteiger partial charge in [-0.15, -0.1) is 11.3 Å². The molecule has 7 heteroatoms. The second kappa shape index (κ2) is 11.0. The molecule has 0 saturated carbocycles. The van der Waals surface area contributed by atoms with E-state index in [1.54, 1.807) is 11.3 Å². The highest BCUT2D eigenvalue weighted by atomic mass is 32.1. The molecule has 0 bridgehead atoms. The van der Waals surface area contributed by atoms with Crippen molar-refractivity contribution in [2.75, 3.05) is 0 Å². The second-order valence-electron chi connectivity index (χ2n) is 9.24. The summed E-state index contributed by atoms with van der Waals surface area (Å²) in [7, 11) is 0. The number of benzene rings is 1. The highest BCUT2D eigenvalue weighted by Crippen LogP contribution is 2.34. The lowest BCUT2D eigenvalue weighted by Gasteiger charge is -2.11. The Labute approximate surface area is 226 Å². The summed E-state index contributed by atoms with van der Waals surface area (Å²) in [4.78, 5) is 15.9. The van der Waals surface area contributed by atoms with Gasteiger partial charge in [0.2, 0.25) is 0 Å². The quantitative estimate of drug-likeness (QED) is 0.162. The van der Waals surface area contributed by atoms with Crippen molar-refractivity contribution in [3.05, 3.63) is 95.8 Å². The molecule has 0 aliphatic rings. The number of imidazole rings is 1. The van der Waals surface area contributed by atoms with Gasteiger partial charge in [0.1, 0.15) is 5.52 Å². The Hall–Kier alpha value is -4.23. The summed E-state index contributed by atoms with van der Waals surface area (Å²) in [5.74, 6) is 0.690. The Morgan fingerprint density at radius 3 is 2.68 bits per heavy atom. The SMILES string of the molecule is C=C/C(=C\C(=C/C)c1ccc2[nH]nc(-c3nc4c(-c5ccc(C)s5)cccc4[nH]3)c2n1)NC(=C)CCCC. The molecule has 0 fully saturated rings. The third-order valence-electron chi connectivity index (χ3n) is 6.44. The predicted molar refractivity (Wildman–Crippen MR) is 161 cm³/mol.